The normalized spacial score (nSPS) is 11.8. The molecule has 0 radical (unpaired) electrons. The highest BCUT2D eigenvalue weighted by molar-refractivity contribution is 8.00. The molecule has 1 unspecified atom stereocenters. The lowest BCUT2D eigenvalue weighted by Crippen LogP contribution is -2.30. The maximum absolute atomic E-state index is 13.4. The third-order valence-electron chi connectivity index (χ3n) is 6.48. The highest BCUT2D eigenvalue weighted by Crippen LogP contribution is 2.30. The van der Waals surface area contributed by atoms with Crippen molar-refractivity contribution in [2.45, 2.75) is 23.5 Å². The van der Waals surface area contributed by atoms with Crippen molar-refractivity contribution in [3.05, 3.63) is 137 Å². The summed E-state index contributed by atoms with van der Waals surface area (Å²) in [5.74, 6) is -0.999. The van der Waals surface area contributed by atoms with Crippen molar-refractivity contribution in [2.24, 2.45) is 0 Å². The second-order valence-electron chi connectivity index (χ2n) is 9.68. The first kappa shape index (κ1) is 30.5. The average Bonchev–Trinajstić information content (AvgIpc) is 3.53. The molecule has 0 saturated carbocycles. The van der Waals surface area contributed by atoms with Crippen molar-refractivity contribution in [1.29, 1.82) is 0 Å². The molecule has 0 aliphatic rings. The van der Waals surface area contributed by atoms with Gasteiger partial charge in [0.25, 0.3) is 11.8 Å². The minimum atomic E-state index is -0.469. The van der Waals surface area contributed by atoms with Gasteiger partial charge in [0, 0.05) is 27.1 Å². The van der Waals surface area contributed by atoms with Crippen LogP contribution in [0.15, 0.2) is 131 Å². The van der Waals surface area contributed by atoms with E-state index in [2.05, 4.69) is 20.9 Å². The number of thioether (sulfide) groups is 1. The Labute approximate surface area is 264 Å². The van der Waals surface area contributed by atoms with Crippen LogP contribution in [-0.2, 0) is 9.59 Å². The molecule has 1 aromatic heterocycles. The predicted octanol–water partition coefficient (Wildman–Crippen LogP) is 7.73. The Balaban J connectivity index is 1.26. The zero-order valence-corrected chi connectivity index (χ0v) is 25.5. The molecule has 7 nitrogen and oxygen atoms in total. The molecule has 3 N–H and O–H groups in total. The van der Waals surface area contributed by atoms with Crippen LogP contribution in [0.2, 0.25) is 0 Å². The molecule has 0 fully saturated rings. The number of nitrogens with zero attached hydrogens (tertiary/aromatic N) is 1. The fourth-order valence-corrected chi connectivity index (χ4v) is 5.98. The van der Waals surface area contributed by atoms with Gasteiger partial charge in [0.1, 0.15) is 5.70 Å². The molecule has 0 aliphatic heterocycles. The Bertz CT molecular complexity index is 1760. The summed E-state index contributed by atoms with van der Waals surface area (Å²) in [6, 6.07) is 35.1. The SMILES string of the molecule is CCC(Sc1cccc(NC(=O)/C(=C/c2ccccc2)NC(=O)c2ccccc2)c1)C(=O)Nc1nc(-c2ccccc2)cs1. The molecular formula is C35H30N4O3S2. The summed E-state index contributed by atoms with van der Waals surface area (Å²) < 4.78 is 0. The Morgan fingerprint density at radius 1 is 0.841 bits per heavy atom. The fraction of sp³-hybridized carbons (Fsp3) is 0.0857. The first-order valence-corrected chi connectivity index (χ1v) is 15.8. The standard InChI is InChI=1S/C35H30N4O3S2/c1-2-31(34(42)39-35-38-30(23-43-35)25-15-8-4-9-16-25)44-28-20-12-19-27(22-28)36-33(41)29(21-24-13-6-3-7-14-24)37-32(40)26-17-10-5-11-18-26/h3-23,31H,2H2,1H3,(H,36,41)(H,37,40)(H,38,39,42)/b29-21-. The highest BCUT2D eigenvalue weighted by atomic mass is 32.2. The molecule has 0 spiro atoms. The van der Waals surface area contributed by atoms with Gasteiger partial charge in [-0.3, -0.25) is 14.4 Å². The molecule has 1 heterocycles. The number of nitrogens with one attached hydrogen (secondary N) is 3. The van der Waals surface area contributed by atoms with Crippen LogP contribution in [0, 0.1) is 0 Å². The summed E-state index contributed by atoms with van der Waals surface area (Å²) in [6.45, 7) is 1.95. The number of thiazole rings is 1. The molecule has 3 amide bonds. The molecule has 0 bridgehead atoms. The quantitative estimate of drug-likeness (QED) is 0.104. The predicted molar refractivity (Wildman–Crippen MR) is 180 cm³/mol. The number of aromatic nitrogens is 1. The number of rotatable bonds is 11. The van der Waals surface area contributed by atoms with Gasteiger partial charge in [-0.1, -0.05) is 91.9 Å². The second kappa shape index (κ2) is 15.0. The van der Waals surface area contributed by atoms with E-state index < -0.39 is 5.91 Å². The average molecular weight is 619 g/mol. The summed E-state index contributed by atoms with van der Waals surface area (Å²) in [6.07, 6.45) is 2.23. The minimum absolute atomic E-state index is 0.104. The third-order valence-corrected chi connectivity index (χ3v) is 8.59. The molecule has 5 aromatic rings. The van der Waals surface area contributed by atoms with E-state index >= 15 is 0 Å². The van der Waals surface area contributed by atoms with Gasteiger partial charge in [-0.25, -0.2) is 4.98 Å². The topological polar surface area (TPSA) is 100 Å². The van der Waals surface area contributed by atoms with Crippen LogP contribution >= 0.6 is 23.1 Å². The maximum atomic E-state index is 13.4. The molecule has 4 aromatic carbocycles. The van der Waals surface area contributed by atoms with Gasteiger partial charge in [0.05, 0.1) is 10.9 Å². The minimum Gasteiger partial charge on any atom is -0.321 e. The maximum Gasteiger partial charge on any atom is 0.272 e. The van der Waals surface area contributed by atoms with Gasteiger partial charge in [-0.05, 0) is 48.4 Å². The summed E-state index contributed by atoms with van der Waals surface area (Å²) in [7, 11) is 0. The van der Waals surface area contributed by atoms with Crippen LogP contribution in [-0.4, -0.2) is 28.0 Å². The van der Waals surface area contributed by atoms with Crippen LogP contribution in [0.3, 0.4) is 0 Å². The van der Waals surface area contributed by atoms with E-state index in [-0.39, 0.29) is 22.8 Å². The van der Waals surface area contributed by atoms with E-state index in [1.54, 1.807) is 36.4 Å². The van der Waals surface area contributed by atoms with Gasteiger partial charge >= 0.3 is 0 Å². The van der Waals surface area contributed by atoms with Crippen molar-refractivity contribution < 1.29 is 14.4 Å². The van der Waals surface area contributed by atoms with Crippen LogP contribution in [0.1, 0.15) is 29.3 Å². The van der Waals surface area contributed by atoms with Crippen LogP contribution in [0.25, 0.3) is 17.3 Å². The molecule has 9 heteroatoms. The summed E-state index contributed by atoms with van der Waals surface area (Å²) in [4.78, 5) is 44.9. The fourth-order valence-electron chi connectivity index (χ4n) is 4.25. The van der Waals surface area contributed by atoms with E-state index in [4.69, 9.17) is 0 Å². The number of carbonyl (C=O) groups excluding carboxylic acids is 3. The summed E-state index contributed by atoms with van der Waals surface area (Å²) in [5.41, 5.74) is 3.66. The molecule has 0 aliphatic carbocycles. The number of anilines is 2. The van der Waals surface area contributed by atoms with Gasteiger partial charge < -0.3 is 16.0 Å². The molecule has 5 rings (SSSR count). The van der Waals surface area contributed by atoms with Crippen LogP contribution < -0.4 is 16.0 Å². The number of amides is 3. The van der Waals surface area contributed by atoms with E-state index in [0.29, 0.717) is 22.8 Å². The van der Waals surface area contributed by atoms with Crippen molar-refractivity contribution >= 4 is 57.7 Å². The Morgan fingerprint density at radius 3 is 2.23 bits per heavy atom. The number of hydrogen-bond donors (Lipinski definition) is 3. The molecule has 0 saturated heterocycles. The third kappa shape index (κ3) is 8.31. The number of hydrogen-bond acceptors (Lipinski definition) is 6. The zero-order chi connectivity index (χ0) is 30.7. The van der Waals surface area contributed by atoms with E-state index in [1.807, 2.05) is 97.2 Å². The van der Waals surface area contributed by atoms with E-state index in [0.717, 1.165) is 21.7 Å². The van der Waals surface area contributed by atoms with E-state index in [9.17, 15) is 14.4 Å². The first-order chi connectivity index (χ1) is 21.5. The molecular weight excluding hydrogens is 589 g/mol. The van der Waals surface area contributed by atoms with Crippen molar-refractivity contribution in [1.82, 2.24) is 10.3 Å². The lowest BCUT2D eigenvalue weighted by molar-refractivity contribution is -0.116. The first-order valence-electron chi connectivity index (χ1n) is 14.0. The molecule has 1 atom stereocenters. The lowest BCUT2D eigenvalue weighted by atomic mass is 10.1. The van der Waals surface area contributed by atoms with E-state index in [1.165, 1.54) is 23.1 Å². The molecule has 44 heavy (non-hydrogen) atoms. The second-order valence-corrected chi connectivity index (χ2v) is 11.8. The van der Waals surface area contributed by atoms with Gasteiger partial charge in [-0.15, -0.1) is 23.1 Å². The lowest BCUT2D eigenvalue weighted by Gasteiger charge is -2.15. The largest absolute Gasteiger partial charge is 0.321 e. The Morgan fingerprint density at radius 2 is 1.52 bits per heavy atom. The van der Waals surface area contributed by atoms with Gasteiger partial charge in [0.2, 0.25) is 5.91 Å². The Kier molecular flexibility index (Phi) is 10.4. The smallest absolute Gasteiger partial charge is 0.272 e. The summed E-state index contributed by atoms with van der Waals surface area (Å²) in [5, 5.41) is 10.7. The van der Waals surface area contributed by atoms with Gasteiger partial charge in [-0.2, -0.15) is 0 Å². The number of benzene rings is 4. The Hall–Kier alpha value is -4.99. The molecule has 220 valence electrons. The van der Waals surface area contributed by atoms with Gasteiger partial charge in [0.15, 0.2) is 5.13 Å². The van der Waals surface area contributed by atoms with Crippen LogP contribution in [0.4, 0.5) is 10.8 Å². The van der Waals surface area contributed by atoms with Crippen molar-refractivity contribution in [3.63, 3.8) is 0 Å². The van der Waals surface area contributed by atoms with Crippen molar-refractivity contribution in [3.8, 4) is 11.3 Å². The zero-order valence-electron chi connectivity index (χ0n) is 23.9. The summed E-state index contributed by atoms with van der Waals surface area (Å²) >= 11 is 2.80. The number of carbonyl (C=O) groups is 3. The highest BCUT2D eigenvalue weighted by Gasteiger charge is 2.20. The monoisotopic (exact) mass is 618 g/mol. The van der Waals surface area contributed by atoms with Crippen molar-refractivity contribution in [2.75, 3.05) is 10.6 Å². The van der Waals surface area contributed by atoms with Crippen LogP contribution in [0.5, 0.6) is 0 Å².